The average Bonchev–Trinajstić information content (AvgIpc) is 2.40. The number of benzene rings is 1. The first-order chi connectivity index (χ1) is 8.77. The third-order valence-corrected chi connectivity index (χ3v) is 2.50. The summed E-state index contributed by atoms with van der Waals surface area (Å²) in [5, 5.41) is 0. The largest absolute Gasteiger partial charge is 0.462 e. The molecular weight excluding hydrogens is 228 g/mol. The Labute approximate surface area is 105 Å². The van der Waals surface area contributed by atoms with Crippen molar-refractivity contribution in [2.45, 2.75) is 6.42 Å². The number of ether oxygens (including phenoxy) is 1. The van der Waals surface area contributed by atoms with Gasteiger partial charge in [0.25, 0.3) is 0 Å². The van der Waals surface area contributed by atoms with Gasteiger partial charge in [-0.05, 0) is 24.3 Å². The highest BCUT2D eigenvalue weighted by Gasteiger charge is 2.09. The Bertz CT molecular complexity index is 526. The number of anilines is 1. The highest BCUT2D eigenvalue weighted by molar-refractivity contribution is 5.94. The zero-order valence-electron chi connectivity index (χ0n) is 9.87. The van der Waals surface area contributed by atoms with E-state index in [1.807, 2.05) is 18.2 Å². The second kappa shape index (κ2) is 5.82. The van der Waals surface area contributed by atoms with Crippen molar-refractivity contribution in [1.82, 2.24) is 4.98 Å². The summed E-state index contributed by atoms with van der Waals surface area (Å²) < 4.78 is 5.15. The van der Waals surface area contributed by atoms with Crippen LogP contribution in [-0.4, -0.2) is 17.6 Å². The number of carbonyl (C=O) groups excluding carboxylic acids is 1. The van der Waals surface area contributed by atoms with Crippen molar-refractivity contribution in [1.29, 1.82) is 0 Å². The molecule has 0 unspecified atom stereocenters. The molecule has 0 atom stereocenters. The number of nitrogens with two attached hydrogens (primary N) is 1. The fraction of sp³-hybridized carbons (Fsp3) is 0.143. The Morgan fingerprint density at radius 1 is 1.17 bits per heavy atom. The third-order valence-electron chi connectivity index (χ3n) is 2.50. The van der Waals surface area contributed by atoms with Crippen LogP contribution in [0.4, 0.5) is 5.69 Å². The van der Waals surface area contributed by atoms with Gasteiger partial charge in [0.1, 0.15) is 0 Å². The minimum absolute atomic E-state index is 0.296. The quantitative estimate of drug-likeness (QED) is 0.658. The summed E-state index contributed by atoms with van der Waals surface area (Å²) >= 11 is 0. The maximum absolute atomic E-state index is 11.7. The van der Waals surface area contributed by atoms with Crippen molar-refractivity contribution in [2.75, 3.05) is 12.3 Å². The van der Waals surface area contributed by atoms with Crippen molar-refractivity contribution in [2.24, 2.45) is 0 Å². The summed E-state index contributed by atoms with van der Waals surface area (Å²) in [7, 11) is 0. The number of pyridine rings is 1. The van der Waals surface area contributed by atoms with Gasteiger partial charge in [-0.3, -0.25) is 4.98 Å². The first-order valence-electron chi connectivity index (χ1n) is 5.69. The van der Waals surface area contributed by atoms with E-state index in [4.69, 9.17) is 10.5 Å². The lowest BCUT2D eigenvalue weighted by atomic mass is 10.2. The first kappa shape index (κ1) is 12.1. The summed E-state index contributed by atoms with van der Waals surface area (Å²) in [6.07, 6.45) is 2.31. The smallest absolute Gasteiger partial charge is 0.340 e. The van der Waals surface area contributed by atoms with Gasteiger partial charge in [0.2, 0.25) is 0 Å². The maximum Gasteiger partial charge on any atom is 0.340 e. The summed E-state index contributed by atoms with van der Waals surface area (Å²) in [4.78, 5) is 15.9. The maximum atomic E-state index is 11.7. The lowest BCUT2D eigenvalue weighted by Gasteiger charge is -2.06. The number of hydrogen-bond donors (Lipinski definition) is 1. The topological polar surface area (TPSA) is 65.2 Å². The second-order valence-electron chi connectivity index (χ2n) is 3.79. The normalized spacial score (nSPS) is 10.0. The van der Waals surface area contributed by atoms with Crippen LogP contribution < -0.4 is 5.73 Å². The molecule has 2 rings (SSSR count). The van der Waals surface area contributed by atoms with E-state index in [1.54, 1.807) is 30.5 Å². The van der Waals surface area contributed by atoms with Crippen LogP contribution in [0.3, 0.4) is 0 Å². The van der Waals surface area contributed by atoms with Crippen LogP contribution in [0, 0.1) is 0 Å². The van der Waals surface area contributed by atoms with E-state index in [2.05, 4.69) is 4.98 Å². The van der Waals surface area contributed by atoms with E-state index >= 15 is 0 Å². The molecular formula is C14H14N2O2. The fourth-order valence-electron chi connectivity index (χ4n) is 1.55. The molecule has 0 bridgehead atoms. The molecule has 0 saturated heterocycles. The van der Waals surface area contributed by atoms with Gasteiger partial charge < -0.3 is 10.5 Å². The van der Waals surface area contributed by atoms with E-state index in [1.165, 1.54) is 0 Å². The number of rotatable bonds is 4. The predicted molar refractivity (Wildman–Crippen MR) is 69.1 cm³/mol. The van der Waals surface area contributed by atoms with Crippen LogP contribution in [0.25, 0.3) is 0 Å². The van der Waals surface area contributed by atoms with Crippen molar-refractivity contribution in [3.05, 3.63) is 59.9 Å². The van der Waals surface area contributed by atoms with Crippen LogP contribution in [0.1, 0.15) is 16.1 Å². The number of nitrogens with zero attached hydrogens (tertiary/aromatic N) is 1. The minimum Gasteiger partial charge on any atom is -0.462 e. The van der Waals surface area contributed by atoms with Gasteiger partial charge in [-0.2, -0.15) is 0 Å². The van der Waals surface area contributed by atoms with E-state index in [0.717, 1.165) is 5.69 Å². The van der Waals surface area contributed by atoms with Crippen LogP contribution in [-0.2, 0) is 11.2 Å². The molecule has 2 aromatic rings. The Morgan fingerprint density at radius 3 is 2.67 bits per heavy atom. The van der Waals surface area contributed by atoms with Crippen molar-refractivity contribution >= 4 is 11.7 Å². The van der Waals surface area contributed by atoms with Crippen molar-refractivity contribution in [3.63, 3.8) is 0 Å². The van der Waals surface area contributed by atoms with Gasteiger partial charge in [-0.25, -0.2) is 4.79 Å². The van der Waals surface area contributed by atoms with Gasteiger partial charge in [-0.15, -0.1) is 0 Å². The molecule has 0 amide bonds. The van der Waals surface area contributed by atoms with E-state index in [9.17, 15) is 4.79 Å². The molecule has 1 heterocycles. The monoisotopic (exact) mass is 242 g/mol. The number of nitrogen functional groups attached to an aromatic ring is 1. The van der Waals surface area contributed by atoms with Crippen molar-refractivity contribution in [3.8, 4) is 0 Å². The van der Waals surface area contributed by atoms with Crippen LogP contribution in [0.5, 0.6) is 0 Å². The van der Waals surface area contributed by atoms with Crippen LogP contribution in [0.15, 0.2) is 48.7 Å². The molecule has 0 aliphatic heterocycles. The predicted octanol–water partition coefficient (Wildman–Crippen LogP) is 2.06. The Balaban J connectivity index is 1.88. The van der Waals surface area contributed by atoms with Gasteiger partial charge in [0.15, 0.2) is 0 Å². The van der Waals surface area contributed by atoms with Gasteiger partial charge in [-0.1, -0.05) is 18.2 Å². The van der Waals surface area contributed by atoms with Gasteiger partial charge in [0, 0.05) is 24.0 Å². The van der Waals surface area contributed by atoms with E-state index < -0.39 is 5.97 Å². The average molecular weight is 242 g/mol. The number of aromatic nitrogens is 1. The first-order valence-corrected chi connectivity index (χ1v) is 5.69. The zero-order valence-corrected chi connectivity index (χ0v) is 9.87. The lowest BCUT2D eigenvalue weighted by molar-refractivity contribution is 0.0509. The molecule has 0 aliphatic carbocycles. The Hall–Kier alpha value is -2.36. The van der Waals surface area contributed by atoms with Crippen LogP contribution >= 0.6 is 0 Å². The molecule has 0 radical (unpaired) electrons. The molecule has 0 spiro atoms. The highest BCUT2D eigenvalue weighted by Crippen LogP contribution is 2.11. The number of para-hydroxylation sites is 1. The highest BCUT2D eigenvalue weighted by atomic mass is 16.5. The number of carbonyl (C=O) groups is 1. The van der Waals surface area contributed by atoms with Crippen LogP contribution in [0.2, 0.25) is 0 Å². The van der Waals surface area contributed by atoms with Gasteiger partial charge in [0.05, 0.1) is 12.2 Å². The zero-order chi connectivity index (χ0) is 12.8. The van der Waals surface area contributed by atoms with Crippen molar-refractivity contribution < 1.29 is 9.53 Å². The van der Waals surface area contributed by atoms with E-state index in [-0.39, 0.29) is 0 Å². The molecule has 0 fully saturated rings. The Morgan fingerprint density at radius 2 is 1.94 bits per heavy atom. The molecule has 0 aliphatic rings. The molecule has 1 aromatic carbocycles. The molecule has 2 N–H and O–H groups in total. The summed E-state index contributed by atoms with van der Waals surface area (Å²) in [5.41, 5.74) is 7.42. The summed E-state index contributed by atoms with van der Waals surface area (Å²) in [5.74, 6) is -0.399. The minimum atomic E-state index is -0.399. The molecule has 4 nitrogen and oxygen atoms in total. The molecule has 0 saturated carbocycles. The number of hydrogen-bond acceptors (Lipinski definition) is 4. The fourth-order valence-corrected chi connectivity index (χ4v) is 1.55. The SMILES string of the molecule is Nc1ccccc1C(=O)OCCc1ccccn1. The molecule has 4 heteroatoms. The second-order valence-corrected chi connectivity index (χ2v) is 3.79. The molecule has 1 aromatic heterocycles. The summed E-state index contributed by atoms with van der Waals surface area (Å²) in [6, 6.07) is 12.5. The standard InChI is InChI=1S/C14H14N2O2/c15-13-7-2-1-6-12(13)14(17)18-10-8-11-5-3-4-9-16-11/h1-7,9H,8,10,15H2. The third kappa shape index (κ3) is 3.07. The van der Waals surface area contributed by atoms with E-state index in [0.29, 0.717) is 24.3 Å². The molecule has 18 heavy (non-hydrogen) atoms. The molecule has 92 valence electrons. The lowest BCUT2D eigenvalue weighted by Crippen LogP contribution is -2.10. The van der Waals surface area contributed by atoms with Gasteiger partial charge >= 0.3 is 5.97 Å². The summed E-state index contributed by atoms with van der Waals surface area (Å²) in [6.45, 7) is 0.296. The Kier molecular flexibility index (Phi) is 3.91. The number of esters is 1.